The average molecular weight is 207 g/mol. The summed E-state index contributed by atoms with van der Waals surface area (Å²) in [4.78, 5) is 0. The molecule has 1 aromatic carbocycles. The van der Waals surface area contributed by atoms with Crippen LogP contribution < -0.4 is 5.73 Å². The van der Waals surface area contributed by atoms with E-state index in [1.165, 1.54) is 11.1 Å². The molecule has 0 aliphatic rings. The fourth-order valence-electron chi connectivity index (χ4n) is 2.16. The molecule has 2 nitrogen and oxygen atoms in total. The predicted molar refractivity (Wildman–Crippen MR) is 63.8 cm³/mol. The summed E-state index contributed by atoms with van der Waals surface area (Å²) in [6.45, 7) is 6.42. The summed E-state index contributed by atoms with van der Waals surface area (Å²) in [6.07, 6.45) is 0. The summed E-state index contributed by atoms with van der Waals surface area (Å²) >= 11 is 0. The van der Waals surface area contributed by atoms with Gasteiger partial charge in [-0.25, -0.2) is 0 Å². The van der Waals surface area contributed by atoms with Crippen molar-refractivity contribution in [3.05, 3.63) is 35.4 Å². The molecule has 0 spiro atoms. The molecule has 84 valence electrons. The van der Waals surface area contributed by atoms with Crippen LogP contribution in [0.15, 0.2) is 24.3 Å². The summed E-state index contributed by atoms with van der Waals surface area (Å²) in [6, 6.07) is 8.08. The van der Waals surface area contributed by atoms with Crippen LogP contribution in [0.2, 0.25) is 0 Å². The number of aliphatic hydroxyl groups excluding tert-OH is 1. The number of aliphatic hydroxyl groups is 1. The van der Waals surface area contributed by atoms with Gasteiger partial charge in [-0.3, -0.25) is 0 Å². The Kier molecular flexibility index (Phi) is 4.30. The van der Waals surface area contributed by atoms with Gasteiger partial charge < -0.3 is 10.8 Å². The van der Waals surface area contributed by atoms with Gasteiger partial charge in [0.1, 0.15) is 0 Å². The third-order valence-corrected chi connectivity index (χ3v) is 2.94. The Morgan fingerprint density at radius 2 is 1.87 bits per heavy atom. The SMILES string of the molecule is Cc1ccccc1C(C(C)C)C(N)CO. The number of aryl methyl sites for hydroxylation is 1. The highest BCUT2D eigenvalue weighted by Gasteiger charge is 2.23. The lowest BCUT2D eigenvalue weighted by Gasteiger charge is -2.27. The number of hydrogen-bond acceptors (Lipinski definition) is 2. The zero-order chi connectivity index (χ0) is 11.4. The van der Waals surface area contributed by atoms with Gasteiger partial charge in [0.05, 0.1) is 6.61 Å². The monoisotopic (exact) mass is 207 g/mol. The van der Waals surface area contributed by atoms with Crippen LogP contribution in [-0.4, -0.2) is 17.8 Å². The smallest absolute Gasteiger partial charge is 0.0588 e. The molecular weight excluding hydrogens is 186 g/mol. The zero-order valence-electron chi connectivity index (χ0n) is 9.77. The second kappa shape index (κ2) is 5.29. The third kappa shape index (κ3) is 2.80. The second-order valence-corrected chi connectivity index (χ2v) is 4.47. The van der Waals surface area contributed by atoms with E-state index in [1.54, 1.807) is 0 Å². The molecule has 2 atom stereocenters. The van der Waals surface area contributed by atoms with Gasteiger partial charge in [0.15, 0.2) is 0 Å². The molecule has 0 bridgehead atoms. The van der Waals surface area contributed by atoms with Crippen LogP contribution in [0, 0.1) is 12.8 Å². The molecule has 1 rings (SSSR count). The van der Waals surface area contributed by atoms with E-state index < -0.39 is 0 Å². The highest BCUT2D eigenvalue weighted by atomic mass is 16.3. The molecule has 0 aromatic heterocycles. The van der Waals surface area contributed by atoms with Crippen molar-refractivity contribution in [2.24, 2.45) is 11.7 Å². The van der Waals surface area contributed by atoms with Crippen molar-refractivity contribution in [3.8, 4) is 0 Å². The van der Waals surface area contributed by atoms with Crippen molar-refractivity contribution >= 4 is 0 Å². The minimum atomic E-state index is -0.175. The quantitative estimate of drug-likeness (QED) is 0.793. The van der Waals surface area contributed by atoms with Crippen LogP contribution in [0.25, 0.3) is 0 Å². The van der Waals surface area contributed by atoms with E-state index in [4.69, 9.17) is 5.73 Å². The van der Waals surface area contributed by atoms with Gasteiger partial charge in [-0.05, 0) is 24.0 Å². The van der Waals surface area contributed by atoms with Crippen LogP contribution in [0.5, 0.6) is 0 Å². The lowest BCUT2D eigenvalue weighted by atomic mass is 9.81. The number of nitrogens with two attached hydrogens (primary N) is 1. The Bertz CT molecular complexity index is 309. The minimum absolute atomic E-state index is 0.0389. The molecule has 0 aliphatic carbocycles. The summed E-state index contributed by atoms with van der Waals surface area (Å²) in [5, 5.41) is 9.18. The van der Waals surface area contributed by atoms with E-state index in [2.05, 4.69) is 32.9 Å². The van der Waals surface area contributed by atoms with Gasteiger partial charge >= 0.3 is 0 Å². The topological polar surface area (TPSA) is 46.2 Å². The zero-order valence-corrected chi connectivity index (χ0v) is 9.77. The first-order valence-electron chi connectivity index (χ1n) is 5.50. The Morgan fingerprint density at radius 1 is 1.27 bits per heavy atom. The lowest BCUT2D eigenvalue weighted by Crippen LogP contribution is -2.35. The molecule has 0 amide bonds. The maximum atomic E-state index is 9.18. The van der Waals surface area contributed by atoms with Crippen LogP contribution >= 0.6 is 0 Å². The normalized spacial score (nSPS) is 15.3. The van der Waals surface area contributed by atoms with Crippen molar-refractivity contribution in [3.63, 3.8) is 0 Å². The van der Waals surface area contributed by atoms with E-state index in [1.807, 2.05) is 12.1 Å². The molecule has 2 heteroatoms. The lowest BCUT2D eigenvalue weighted by molar-refractivity contribution is 0.232. The van der Waals surface area contributed by atoms with Gasteiger partial charge in [0.2, 0.25) is 0 Å². The first-order valence-corrected chi connectivity index (χ1v) is 5.50. The van der Waals surface area contributed by atoms with Gasteiger partial charge in [0, 0.05) is 12.0 Å². The maximum Gasteiger partial charge on any atom is 0.0588 e. The Labute approximate surface area is 92.1 Å². The van der Waals surface area contributed by atoms with Gasteiger partial charge in [-0.15, -0.1) is 0 Å². The first-order chi connectivity index (χ1) is 7.07. The summed E-state index contributed by atoms with van der Waals surface area (Å²) in [5.74, 6) is 0.671. The van der Waals surface area contributed by atoms with Crippen LogP contribution in [0.4, 0.5) is 0 Å². The largest absolute Gasteiger partial charge is 0.395 e. The van der Waals surface area contributed by atoms with Crippen LogP contribution in [0.1, 0.15) is 30.9 Å². The number of rotatable bonds is 4. The minimum Gasteiger partial charge on any atom is -0.395 e. The predicted octanol–water partition coefficient (Wildman–Crippen LogP) is 2.05. The Hall–Kier alpha value is -0.860. The van der Waals surface area contributed by atoms with Gasteiger partial charge in [-0.2, -0.15) is 0 Å². The highest BCUT2D eigenvalue weighted by Crippen LogP contribution is 2.29. The standard InChI is InChI=1S/C13H21NO/c1-9(2)13(12(14)8-15)11-7-5-4-6-10(11)3/h4-7,9,12-13,15H,8,14H2,1-3H3. The molecular formula is C13H21NO. The van der Waals surface area contributed by atoms with Crippen molar-refractivity contribution in [2.75, 3.05) is 6.61 Å². The van der Waals surface area contributed by atoms with E-state index in [-0.39, 0.29) is 18.6 Å². The van der Waals surface area contributed by atoms with Crippen molar-refractivity contribution in [2.45, 2.75) is 32.7 Å². The number of benzene rings is 1. The molecule has 2 unspecified atom stereocenters. The molecule has 0 aliphatic heterocycles. The highest BCUT2D eigenvalue weighted by molar-refractivity contribution is 5.30. The van der Waals surface area contributed by atoms with E-state index in [9.17, 15) is 5.11 Å². The third-order valence-electron chi connectivity index (χ3n) is 2.94. The first kappa shape index (κ1) is 12.2. The Balaban J connectivity index is 3.04. The van der Waals surface area contributed by atoms with Gasteiger partial charge in [0.25, 0.3) is 0 Å². The second-order valence-electron chi connectivity index (χ2n) is 4.47. The Morgan fingerprint density at radius 3 is 2.33 bits per heavy atom. The molecule has 0 saturated heterocycles. The summed E-state index contributed by atoms with van der Waals surface area (Å²) < 4.78 is 0. The van der Waals surface area contributed by atoms with E-state index in [0.29, 0.717) is 5.92 Å². The van der Waals surface area contributed by atoms with E-state index >= 15 is 0 Å². The summed E-state index contributed by atoms with van der Waals surface area (Å²) in [5.41, 5.74) is 8.48. The molecule has 0 saturated carbocycles. The maximum absolute atomic E-state index is 9.18. The molecule has 1 aromatic rings. The van der Waals surface area contributed by atoms with Crippen molar-refractivity contribution in [1.82, 2.24) is 0 Å². The van der Waals surface area contributed by atoms with Crippen molar-refractivity contribution < 1.29 is 5.11 Å². The fourth-order valence-corrected chi connectivity index (χ4v) is 2.16. The molecule has 0 heterocycles. The van der Waals surface area contributed by atoms with Crippen LogP contribution in [0.3, 0.4) is 0 Å². The average Bonchev–Trinajstić information content (AvgIpc) is 2.20. The number of hydrogen-bond donors (Lipinski definition) is 2. The van der Waals surface area contributed by atoms with Crippen molar-refractivity contribution in [1.29, 1.82) is 0 Å². The summed E-state index contributed by atoms with van der Waals surface area (Å²) in [7, 11) is 0. The molecule has 15 heavy (non-hydrogen) atoms. The molecule has 0 fully saturated rings. The van der Waals surface area contributed by atoms with Gasteiger partial charge in [-0.1, -0.05) is 38.1 Å². The molecule has 3 N–H and O–H groups in total. The van der Waals surface area contributed by atoms with Crippen LogP contribution in [-0.2, 0) is 0 Å². The fraction of sp³-hybridized carbons (Fsp3) is 0.538. The molecule has 0 radical (unpaired) electrons. The van der Waals surface area contributed by atoms with E-state index in [0.717, 1.165) is 0 Å².